The molecule has 0 saturated carbocycles. The molecule has 1 saturated heterocycles. The lowest BCUT2D eigenvalue weighted by molar-refractivity contribution is -0.123. The summed E-state index contributed by atoms with van der Waals surface area (Å²) in [7, 11) is 0. The van der Waals surface area contributed by atoms with E-state index in [1.807, 2.05) is 67.6 Å². The summed E-state index contributed by atoms with van der Waals surface area (Å²) in [6, 6.07) is 19.3. The maximum absolute atomic E-state index is 12.8. The molecule has 5 nitrogen and oxygen atoms in total. The zero-order chi connectivity index (χ0) is 21.8. The number of nitrogens with zero attached hydrogens (tertiary/aromatic N) is 1. The molecule has 1 aliphatic heterocycles. The van der Waals surface area contributed by atoms with Crippen molar-refractivity contribution in [1.29, 1.82) is 0 Å². The topological polar surface area (TPSA) is 55.8 Å². The zero-order valence-electron chi connectivity index (χ0n) is 16.8. The maximum Gasteiger partial charge on any atom is 0.293 e. The molecule has 0 aliphatic carbocycles. The average molecular weight is 498 g/mol. The second-order valence-electron chi connectivity index (χ2n) is 6.78. The van der Waals surface area contributed by atoms with Crippen LogP contribution < -0.4 is 9.47 Å². The number of thioether (sulfide) groups is 1. The molecule has 3 aromatic rings. The minimum absolute atomic E-state index is 0.193. The molecule has 4 rings (SSSR count). The lowest BCUT2D eigenvalue weighted by atomic mass is 10.1. The summed E-state index contributed by atoms with van der Waals surface area (Å²) in [5.41, 5.74) is 0.813. The Bertz CT molecular complexity index is 1170. The molecule has 31 heavy (non-hydrogen) atoms. The second kappa shape index (κ2) is 9.58. The van der Waals surface area contributed by atoms with Crippen LogP contribution in [0.1, 0.15) is 12.5 Å². The van der Waals surface area contributed by atoms with Crippen molar-refractivity contribution in [2.24, 2.45) is 0 Å². The molecular weight excluding hydrogens is 478 g/mol. The normalized spacial score (nSPS) is 15.2. The molecule has 0 atom stereocenters. The van der Waals surface area contributed by atoms with E-state index in [2.05, 4.69) is 15.9 Å². The number of amides is 2. The smallest absolute Gasteiger partial charge is 0.293 e. The van der Waals surface area contributed by atoms with E-state index in [0.29, 0.717) is 11.5 Å². The van der Waals surface area contributed by atoms with Gasteiger partial charge in [0.2, 0.25) is 0 Å². The molecule has 0 spiro atoms. The summed E-state index contributed by atoms with van der Waals surface area (Å²) in [5, 5.41) is 1.79. The first-order valence-corrected chi connectivity index (χ1v) is 11.5. The first kappa shape index (κ1) is 21.5. The average Bonchev–Trinajstić information content (AvgIpc) is 3.03. The Morgan fingerprint density at radius 3 is 2.61 bits per heavy atom. The van der Waals surface area contributed by atoms with Crippen molar-refractivity contribution in [2.45, 2.75) is 6.92 Å². The number of fused-ring (bicyclic) bond motifs is 1. The molecule has 0 bridgehead atoms. The van der Waals surface area contributed by atoms with Gasteiger partial charge in [0.15, 0.2) is 0 Å². The first-order valence-electron chi connectivity index (χ1n) is 9.85. The molecule has 1 heterocycles. The number of carbonyl (C=O) groups excluding carboxylic acids is 2. The summed E-state index contributed by atoms with van der Waals surface area (Å²) in [5.74, 6) is 1.17. The van der Waals surface area contributed by atoms with Gasteiger partial charge in [0.1, 0.15) is 18.1 Å². The van der Waals surface area contributed by atoms with E-state index in [0.717, 1.165) is 44.1 Å². The third-order valence-corrected chi connectivity index (χ3v) is 6.28. The molecule has 0 aromatic heterocycles. The highest BCUT2D eigenvalue weighted by molar-refractivity contribution is 9.10. The molecule has 2 amide bonds. The molecule has 1 fully saturated rings. The van der Waals surface area contributed by atoms with E-state index in [4.69, 9.17) is 9.47 Å². The molecule has 0 N–H and O–H groups in total. The van der Waals surface area contributed by atoms with Gasteiger partial charge in [0, 0.05) is 5.39 Å². The van der Waals surface area contributed by atoms with Crippen molar-refractivity contribution in [1.82, 2.24) is 4.90 Å². The minimum Gasteiger partial charge on any atom is -0.493 e. The van der Waals surface area contributed by atoms with Crippen LogP contribution >= 0.6 is 27.7 Å². The van der Waals surface area contributed by atoms with Crippen molar-refractivity contribution in [2.75, 3.05) is 19.8 Å². The monoisotopic (exact) mass is 497 g/mol. The minimum atomic E-state index is -0.304. The van der Waals surface area contributed by atoms with E-state index in [1.165, 1.54) is 4.90 Å². The third-order valence-electron chi connectivity index (χ3n) is 4.75. The van der Waals surface area contributed by atoms with E-state index in [9.17, 15) is 9.59 Å². The Kier molecular flexibility index (Phi) is 6.63. The van der Waals surface area contributed by atoms with Gasteiger partial charge in [0.25, 0.3) is 11.1 Å². The van der Waals surface area contributed by atoms with Crippen LogP contribution in [0, 0.1) is 0 Å². The molecule has 1 aliphatic rings. The number of halogens is 1. The SMILES string of the molecule is CCOc1ccc(/C=C2\SC(=O)N(CCOc3cccc4ccccc34)C2=O)cc1Br. The lowest BCUT2D eigenvalue weighted by Gasteiger charge is -2.14. The lowest BCUT2D eigenvalue weighted by Crippen LogP contribution is -2.32. The van der Waals surface area contributed by atoms with Crippen LogP contribution in [-0.4, -0.2) is 35.8 Å². The highest BCUT2D eigenvalue weighted by Crippen LogP contribution is 2.34. The summed E-state index contributed by atoms with van der Waals surface area (Å²) < 4.78 is 12.2. The molecule has 158 valence electrons. The van der Waals surface area contributed by atoms with Gasteiger partial charge in [-0.05, 0) is 69.8 Å². The molecule has 7 heteroatoms. The van der Waals surface area contributed by atoms with E-state index in [-0.39, 0.29) is 24.3 Å². The van der Waals surface area contributed by atoms with Crippen molar-refractivity contribution >= 4 is 55.7 Å². The number of hydrogen-bond acceptors (Lipinski definition) is 5. The number of rotatable bonds is 7. The van der Waals surface area contributed by atoms with Crippen LogP contribution in [0.2, 0.25) is 0 Å². The molecule has 0 unspecified atom stereocenters. The van der Waals surface area contributed by atoms with Crippen molar-refractivity contribution in [3.63, 3.8) is 0 Å². The fourth-order valence-electron chi connectivity index (χ4n) is 3.29. The summed E-state index contributed by atoms with van der Waals surface area (Å²) in [4.78, 5) is 26.8. The van der Waals surface area contributed by atoms with Gasteiger partial charge in [-0.15, -0.1) is 0 Å². The van der Waals surface area contributed by atoms with Crippen LogP contribution in [0.5, 0.6) is 11.5 Å². The van der Waals surface area contributed by atoms with Crippen molar-refractivity contribution < 1.29 is 19.1 Å². The first-order chi connectivity index (χ1) is 15.1. The standard InChI is InChI=1S/C24H20BrNO4S/c1-2-29-21-11-10-16(14-19(21)25)15-22-23(27)26(24(28)31-22)12-13-30-20-9-5-7-17-6-3-4-8-18(17)20/h3-11,14-15H,2,12-13H2,1H3/b22-15-. The highest BCUT2D eigenvalue weighted by Gasteiger charge is 2.34. The predicted molar refractivity (Wildman–Crippen MR) is 127 cm³/mol. The van der Waals surface area contributed by atoms with Crippen LogP contribution in [0.25, 0.3) is 16.8 Å². The van der Waals surface area contributed by atoms with Gasteiger partial charge >= 0.3 is 0 Å². The summed E-state index contributed by atoms with van der Waals surface area (Å²) >= 11 is 4.41. The van der Waals surface area contributed by atoms with Crippen molar-refractivity contribution in [3.8, 4) is 11.5 Å². The fraction of sp³-hybridized carbons (Fsp3) is 0.167. The Hall–Kier alpha value is -2.77. The van der Waals surface area contributed by atoms with Gasteiger partial charge in [-0.3, -0.25) is 14.5 Å². The Morgan fingerprint density at radius 2 is 1.81 bits per heavy atom. The Balaban J connectivity index is 1.42. The van der Waals surface area contributed by atoms with E-state index >= 15 is 0 Å². The molecule has 3 aromatic carbocycles. The highest BCUT2D eigenvalue weighted by atomic mass is 79.9. The van der Waals surface area contributed by atoms with Gasteiger partial charge < -0.3 is 9.47 Å². The third kappa shape index (κ3) is 4.78. The molecule has 0 radical (unpaired) electrons. The predicted octanol–water partition coefficient (Wildman–Crippen LogP) is 6.12. The van der Waals surface area contributed by atoms with Crippen molar-refractivity contribution in [3.05, 3.63) is 75.6 Å². The van der Waals surface area contributed by atoms with Gasteiger partial charge in [0.05, 0.1) is 22.5 Å². The van der Waals surface area contributed by atoms with Gasteiger partial charge in [-0.25, -0.2) is 0 Å². The zero-order valence-corrected chi connectivity index (χ0v) is 19.2. The van der Waals surface area contributed by atoms with Crippen LogP contribution in [0.15, 0.2) is 70.0 Å². The fourth-order valence-corrected chi connectivity index (χ4v) is 4.67. The van der Waals surface area contributed by atoms with E-state index in [1.54, 1.807) is 6.08 Å². The maximum atomic E-state index is 12.8. The van der Waals surface area contributed by atoms with Crippen LogP contribution in [0.3, 0.4) is 0 Å². The largest absolute Gasteiger partial charge is 0.493 e. The number of hydrogen-bond donors (Lipinski definition) is 0. The van der Waals surface area contributed by atoms with Crippen LogP contribution in [-0.2, 0) is 4.79 Å². The number of imide groups is 1. The number of benzene rings is 3. The summed E-state index contributed by atoms with van der Waals surface area (Å²) in [6.07, 6.45) is 1.72. The number of ether oxygens (including phenoxy) is 2. The molecular formula is C24H20BrNO4S. The Morgan fingerprint density at radius 1 is 1.00 bits per heavy atom. The Labute approximate surface area is 193 Å². The van der Waals surface area contributed by atoms with Crippen LogP contribution in [0.4, 0.5) is 4.79 Å². The summed E-state index contributed by atoms with van der Waals surface area (Å²) in [6.45, 7) is 2.91. The number of carbonyl (C=O) groups is 2. The van der Waals surface area contributed by atoms with E-state index < -0.39 is 0 Å². The van der Waals surface area contributed by atoms with Gasteiger partial charge in [-0.1, -0.05) is 42.5 Å². The quantitative estimate of drug-likeness (QED) is 0.368. The second-order valence-corrected chi connectivity index (χ2v) is 8.63. The van der Waals surface area contributed by atoms with Gasteiger partial charge in [-0.2, -0.15) is 0 Å².